The highest BCUT2D eigenvalue weighted by Crippen LogP contribution is 2.11. The fourth-order valence-electron chi connectivity index (χ4n) is 3.41. The third-order valence-electron chi connectivity index (χ3n) is 5.34. The summed E-state index contributed by atoms with van der Waals surface area (Å²) >= 11 is 0. The third kappa shape index (κ3) is 16.5. The Morgan fingerprint density at radius 2 is 1.16 bits per heavy atom. The minimum Gasteiger partial charge on any atom is -0.466 e. The van der Waals surface area contributed by atoms with Crippen LogP contribution in [0.15, 0.2) is 24.3 Å². The molecule has 0 amide bonds. The summed E-state index contributed by atoms with van der Waals surface area (Å²) in [6.07, 6.45) is 15.3. The second kappa shape index (κ2) is 18.8. The molecule has 4 nitrogen and oxygen atoms in total. The predicted octanol–water partition coefficient (Wildman–Crippen LogP) is 6.94. The van der Waals surface area contributed by atoms with Crippen LogP contribution in [0.5, 0.6) is 0 Å². The van der Waals surface area contributed by atoms with Crippen LogP contribution in [-0.2, 0) is 25.5 Å². The van der Waals surface area contributed by atoms with Crippen LogP contribution in [0, 0.1) is 5.82 Å². The summed E-state index contributed by atoms with van der Waals surface area (Å²) in [5.41, 5.74) is 0.917. The zero-order chi connectivity index (χ0) is 22.6. The maximum atomic E-state index is 12.8. The van der Waals surface area contributed by atoms with Crippen LogP contribution in [0.4, 0.5) is 4.39 Å². The topological polar surface area (TPSA) is 52.6 Å². The molecule has 5 heteroatoms. The fraction of sp³-hybridized carbons (Fsp3) is 0.692. The molecule has 1 aromatic rings. The zero-order valence-corrected chi connectivity index (χ0v) is 19.3. The van der Waals surface area contributed by atoms with Gasteiger partial charge in [-0.05, 0) is 30.5 Å². The summed E-state index contributed by atoms with van der Waals surface area (Å²) in [6, 6.07) is 6.13. The van der Waals surface area contributed by atoms with Gasteiger partial charge in [0, 0.05) is 19.3 Å². The van der Waals surface area contributed by atoms with Gasteiger partial charge in [-0.1, -0.05) is 83.3 Å². The van der Waals surface area contributed by atoms with E-state index in [0.29, 0.717) is 19.4 Å². The van der Waals surface area contributed by atoms with Crippen molar-refractivity contribution in [1.82, 2.24) is 0 Å². The Morgan fingerprint density at radius 1 is 0.677 bits per heavy atom. The lowest BCUT2D eigenvalue weighted by atomic mass is 10.1. The Hall–Kier alpha value is -1.91. The van der Waals surface area contributed by atoms with Crippen LogP contribution in [0.25, 0.3) is 0 Å². The van der Waals surface area contributed by atoms with E-state index in [0.717, 1.165) is 18.4 Å². The maximum absolute atomic E-state index is 12.8. The molecule has 0 saturated carbocycles. The minimum absolute atomic E-state index is 0.205. The summed E-state index contributed by atoms with van der Waals surface area (Å²) in [7, 11) is 0. The Morgan fingerprint density at radius 3 is 1.71 bits per heavy atom. The van der Waals surface area contributed by atoms with Gasteiger partial charge in [-0.3, -0.25) is 9.59 Å². The van der Waals surface area contributed by atoms with E-state index in [4.69, 9.17) is 9.47 Å². The molecule has 0 N–H and O–H groups in total. The first kappa shape index (κ1) is 27.1. The molecule has 0 heterocycles. The molecule has 0 aliphatic rings. The standard InChI is InChI=1S/C26H41FO4/c1-2-3-4-5-6-7-8-9-10-11-12-21-30-25(28)14-13-15-26(29)31-22-20-23-16-18-24(27)19-17-23/h16-19H,2-15,20-22H2,1H3. The van der Waals surface area contributed by atoms with Crippen LogP contribution in [0.1, 0.15) is 102 Å². The molecule has 1 aromatic carbocycles. The monoisotopic (exact) mass is 436 g/mol. The summed E-state index contributed by atoms with van der Waals surface area (Å²) in [5.74, 6) is -0.845. The Labute approximate surface area is 187 Å². The van der Waals surface area contributed by atoms with E-state index in [-0.39, 0.29) is 37.2 Å². The molecule has 0 unspecified atom stereocenters. The molecule has 0 aromatic heterocycles. The lowest BCUT2D eigenvalue weighted by Crippen LogP contribution is -2.10. The molecule has 0 fully saturated rings. The molecule has 1 rings (SSSR count). The molecular weight excluding hydrogens is 395 g/mol. The number of unbranched alkanes of at least 4 members (excludes halogenated alkanes) is 10. The first-order chi connectivity index (χ1) is 15.1. The summed E-state index contributed by atoms with van der Waals surface area (Å²) < 4.78 is 23.2. The van der Waals surface area contributed by atoms with Crippen molar-refractivity contribution in [1.29, 1.82) is 0 Å². The van der Waals surface area contributed by atoms with Crippen molar-refractivity contribution < 1.29 is 23.5 Å². The number of carbonyl (C=O) groups is 2. The van der Waals surface area contributed by atoms with Gasteiger partial charge in [0.05, 0.1) is 13.2 Å². The largest absolute Gasteiger partial charge is 0.466 e. The molecule has 0 spiro atoms. The van der Waals surface area contributed by atoms with Crippen molar-refractivity contribution in [2.45, 2.75) is 103 Å². The molecule has 31 heavy (non-hydrogen) atoms. The third-order valence-corrected chi connectivity index (χ3v) is 5.34. The van der Waals surface area contributed by atoms with Crippen molar-refractivity contribution in [3.8, 4) is 0 Å². The zero-order valence-electron chi connectivity index (χ0n) is 19.3. The van der Waals surface area contributed by atoms with Crippen molar-refractivity contribution in [2.75, 3.05) is 13.2 Å². The summed E-state index contributed by atoms with van der Waals surface area (Å²) in [4.78, 5) is 23.4. The Kier molecular flexibility index (Phi) is 16.5. The Bertz CT molecular complexity index is 586. The van der Waals surface area contributed by atoms with Crippen molar-refractivity contribution in [3.63, 3.8) is 0 Å². The normalized spacial score (nSPS) is 10.8. The van der Waals surface area contributed by atoms with Gasteiger partial charge < -0.3 is 9.47 Å². The number of carbonyl (C=O) groups excluding carboxylic acids is 2. The van der Waals surface area contributed by atoms with E-state index < -0.39 is 0 Å². The van der Waals surface area contributed by atoms with Crippen LogP contribution in [-0.4, -0.2) is 25.2 Å². The van der Waals surface area contributed by atoms with Crippen LogP contribution in [0.2, 0.25) is 0 Å². The van der Waals surface area contributed by atoms with E-state index in [2.05, 4.69) is 6.92 Å². The van der Waals surface area contributed by atoms with Crippen LogP contribution in [0.3, 0.4) is 0 Å². The number of hydrogen-bond donors (Lipinski definition) is 0. The second-order valence-electron chi connectivity index (χ2n) is 8.21. The highest BCUT2D eigenvalue weighted by molar-refractivity contribution is 5.72. The number of esters is 2. The van der Waals surface area contributed by atoms with Crippen LogP contribution >= 0.6 is 0 Å². The first-order valence-corrected chi connectivity index (χ1v) is 12.2. The minimum atomic E-state index is -0.319. The second-order valence-corrected chi connectivity index (χ2v) is 8.21. The SMILES string of the molecule is CCCCCCCCCCCCCOC(=O)CCCC(=O)OCCc1ccc(F)cc1. The van der Waals surface area contributed by atoms with Crippen molar-refractivity contribution >= 4 is 11.9 Å². The fourth-order valence-corrected chi connectivity index (χ4v) is 3.41. The lowest BCUT2D eigenvalue weighted by Gasteiger charge is -2.06. The molecule has 176 valence electrons. The highest BCUT2D eigenvalue weighted by Gasteiger charge is 2.07. The summed E-state index contributed by atoms with van der Waals surface area (Å²) in [5, 5.41) is 0. The number of ether oxygens (including phenoxy) is 2. The number of halogens is 1. The van der Waals surface area contributed by atoms with Gasteiger partial charge in [-0.2, -0.15) is 0 Å². The molecule has 0 bridgehead atoms. The van der Waals surface area contributed by atoms with Gasteiger partial charge in [0.25, 0.3) is 0 Å². The maximum Gasteiger partial charge on any atom is 0.305 e. The highest BCUT2D eigenvalue weighted by atomic mass is 19.1. The lowest BCUT2D eigenvalue weighted by molar-refractivity contribution is -0.145. The van der Waals surface area contributed by atoms with E-state index in [1.165, 1.54) is 69.9 Å². The molecule has 0 radical (unpaired) electrons. The number of benzene rings is 1. The van der Waals surface area contributed by atoms with Gasteiger partial charge in [-0.25, -0.2) is 4.39 Å². The van der Waals surface area contributed by atoms with Gasteiger partial charge in [0.2, 0.25) is 0 Å². The molecule has 0 aliphatic heterocycles. The van der Waals surface area contributed by atoms with Gasteiger partial charge >= 0.3 is 11.9 Å². The smallest absolute Gasteiger partial charge is 0.305 e. The van der Waals surface area contributed by atoms with E-state index in [1.54, 1.807) is 12.1 Å². The van der Waals surface area contributed by atoms with Crippen molar-refractivity contribution in [2.24, 2.45) is 0 Å². The van der Waals surface area contributed by atoms with Gasteiger partial charge in [0.1, 0.15) is 5.82 Å². The van der Waals surface area contributed by atoms with E-state index in [9.17, 15) is 14.0 Å². The molecule has 0 aliphatic carbocycles. The van der Waals surface area contributed by atoms with E-state index in [1.807, 2.05) is 0 Å². The average molecular weight is 437 g/mol. The van der Waals surface area contributed by atoms with E-state index >= 15 is 0 Å². The predicted molar refractivity (Wildman–Crippen MR) is 122 cm³/mol. The molecule has 0 atom stereocenters. The van der Waals surface area contributed by atoms with Crippen molar-refractivity contribution in [3.05, 3.63) is 35.6 Å². The first-order valence-electron chi connectivity index (χ1n) is 12.2. The van der Waals surface area contributed by atoms with Gasteiger partial charge in [-0.15, -0.1) is 0 Å². The van der Waals surface area contributed by atoms with Crippen LogP contribution < -0.4 is 0 Å². The van der Waals surface area contributed by atoms with Gasteiger partial charge in [0.15, 0.2) is 0 Å². The number of hydrogen-bond acceptors (Lipinski definition) is 4. The molecular formula is C26H41FO4. The molecule has 0 saturated heterocycles. The summed E-state index contributed by atoms with van der Waals surface area (Å²) in [6.45, 7) is 2.97. The Balaban J connectivity index is 1.86. The number of rotatable bonds is 19. The quantitative estimate of drug-likeness (QED) is 0.174. The average Bonchev–Trinajstić information content (AvgIpc) is 2.76.